The van der Waals surface area contributed by atoms with Gasteiger partial charge < -0.3 is 19.3 Å². The third-order valence-corrected chi connectivity index (χ3v) is 2.40. The fraction of sp³-hybridized carbons (Fsp3) is 0.400. The van der Waals surface area contributed by atoms with Gasteiger partial charge >= 0.3 is 5.69 Å². The summed E-state index contributed by atoms with van der Waals surface area (Å²) in [7, 11) is 1.40. The minimum atomic E-state index is -0.691. The molecular formula is C10H11NO6. The lowest BCUT2D eigenvalue weighted by atomic mass is 10.1. The molecule has 1 saturated heterocycles. The van der Waals surface area contributed by atoms with Gasteiger partial charge in [0, 0.05) is 12.1 Å². The van der Waals surface area contributed by atoms with Gasteiger partial charge in [-0.15, -0.1) is 0 Å². The van der Waals surface area contributed by atoms with E-state index in [0.29, 0.717) is 24.5 Å². The second kappa shape index (κ2) is 4.56. The zero-order chi connectivity index (χ0) is 12.4. The van der Waals surface area contributed by atoms with Crippen molar-refractivity contribution in [2.24, 2.45) is 0 Å². The molecule has 2 rings (SSSR count). The maximum Gasteiger partial charge on any atom is 0.311 e. The Bertz CT molecular complexity index is 441. The summed E-state index contributed by atoms with van der Waals surface area (Å²) >= 11 is 0. The Hall–Kier alpha value is -1.86. The molecule has 1 aliphatic heterocycles. The number of nitrogens with zero attached hydrogens (tertiary/aromatic N) is 1. The second-order valence-electron chi connectivity index (χ2n) is 3.41. The number of hydrogen-bond donors (Lipinski definition) is 1. The molecule has 1 aromatic carbocycles. The number of rotatable bonds is 3. The molecule has 7 nitrogen and oxygen atoms in total. The molecule has 1 fully saturated rings. The van der Waals surface area contributed by atoms with E-state index in [4.69, 9.17) is 14.2 Å². The van der Waals surface area contributed by atoms with Gasteiger partial charge in [0.1, 0.15) is 5.75 Å². The summed E-state index contributed by atoms with van der Waals surface area (Å²) in [6, 6.07) is 2.38. The molecule has 92 valence electrons. The third kappa shape index (κ3) is 2.15. The van der Waals surface area contributed by atoms with Crippen molar-refractivity contribution in [3.63, 3.8) is 0 Å². The standard InChI is InChI=1S/C10H11NO6/c1-15-9-5-8(12)7(11(13)14)4-6(9)10-16-2-3-17-10/h4-5,10,12H,2-3H2,1H3. The van der Waals surface area contributed by atoms with Gasteiger partial charge in [0.05, 0.1) is 30.8 Å². The molecule has 0 aromatic heterocycles. The molecule has 7 heteroatoms. The molecule has 1 aromatic rings. The number of nitro benzene ring substituents is 1. The fourth-order valence-corrected chi connectivity index (χ4v) is 1.62. The van der Waals surface area contributed by atoms with E-state index in [9.17, 15) is 15.2 Å². The van der Waals surface area contributed by atoms with E-state index in [1.807, 2.05) is 0 Å². The van der Waals surface area contributed by atoms with Crippen LogP contribution in [0.25, 0.3) is 0 Å². The Morgan fingerprint density at radius 3 is 2.65 bits per heavy atom. The zero-order valence-corrected chi connectivity index (χ0v) is 9.08. The van der Waals surface area contributed by atoms with Crippen molar-refractivity contribution in [2.75, 3.05) is 20.3 Å². The molecule has 17 heavy (non-hydrogen) atoms. The van der Waals surface area contributed by atoms with E-state index in [0.717, 1.165) is 0 Å². The highest BCUT2D eigenvalue weighted by Crippen LogP contribution is 2.39. The first-order valence-corrected chi connectivity index (χ1v) is 4.92. The molecule has 0 unspecified atom stereocenters. The maximum absolute atomic E-state index is 10.7. The Kier molecular flexibility index (Phi) is 3.12. The topological polar surface area (TPSA) is 91.1 Å². The molecule has 0 radical (unpaired) electrons. The quantitative estimate of drug-likeness (QED) is 0.634. The Morgan fingerprint density at radius 1 is 1.47 bits per heavy atom. The van der Waals surface area contributed by atoms with Crippen LogP contribution in [0.3, 0.4) is 0 Å². The molecule has 1 heterocycles. The smallest absolute Gasteiger partial charge is 0.311 e. The van der Waals surface area contributed by atoms with Crippen molar-refractivity contribution in [1.82, 2.24) is 0 Å². The summed E-state index contributed by atoms with van der Waals surface area (Å²) in [5, 5.41) is 20.2. The van der Waals surface area contributed by atoms with Gasteiger partial charge in [-0.25, -0.2) is 0 Å². The van der Waals surface area contributed by atoms with Crippen LogP contribution < -0.4 is 4.74 Å². The van der Waals surface area contributed by atoms with Crippen LogP contribution in [0.2, 0.25) is 0 Å². The number of methoxy groups -OCH3 is 1. The van der Waals surface area contributed by atoms with Crippen LogP contribution in [0.4, 0.5) is 5.69 Å². The minimum Gasteiger partial charge on any atom is -0.502 e. The van der Waals surface area contributed by atoms with E-state index in [-0.39, 0.29) is 0 Å². The summed E-state index contributed by atoms with van der Waals surface area (Å²) in [6.07, 6.45) is -0.691. The largest absolute Gasteiger partial charge is 0.502 e. The van der Waals surface area contributed by atoms with Crippen molar-refractivity contribution < 1.29 is 24.2 Å². The highest BCUT2D eigenvalue weighted by Gasteiger charge is 2.27. The van der Waals surface area contributed by atoms with Crippen LogP contribution in [0, 0.1) is 10.1 Å². The SMILES string of the molecule is COc1cc(O)c([N+](=O)[O-])cc1C1OCCO1. The van der Waals surface area contributed by atoms with Crippen LogP contribution in [-0.4, -0.2) is 30.4 Å². The fourth-order valence-electron chi connectivity index (χ4n) is 1.62. The highest BCUT2D eigenvalue weighted by atomic mass is 16.7. The monoisotopic (exact) mass is 241 g/mol. The van der Waals surface area contributed by atoms with Gasteiger partial charge in [-0.3, -0.25) is 10.1 Å². The predicted molar refractivity (Wildman–Crippen MR) is 56.0 cm³/mol. The van der Waals surface area contributed by atoms with Gasteiger partial charge in [0.2, 0.25) is 0 Å². The molecular weight excluding hydrogens is 230 g/mol. The third-order valence-electron chi connectivity index (χ3n) is 2.40. The number of phenolic OH excluding ortho intramolecular Hbond substituents is 1. The summed E-state index contributed by atoms with van der Waals surface area (Å²) in [5.41, 5.74) is -0.00519. The van der Waals surface area contributed by atoms with Crippen LogP contribution in [0.5, 0.6) is 11.5 Å². The minimum absolute atomic E-state index is 0.292. The van der Waals surface area contributed by atoms with Crippen molar-refractivity contribution in [1.29, 1.82) is 0 Å². The highest BCUT2D eigenvalue weighted by molar-refractivity contribution is 5.54. The van der Waals surface area contributed by atoms with Crippen LogP contribution in [-0.2, 0) is 9.47 Å². The Labute approximate surface area is 96.7 Å². The van der Waals surface area contributed by atoms with Crippen LogP contribution in [0.15, 0.2) is 12.1 Å². The first-order chi connectivity index (χ1) is 8.13. The summed E-state index contributed by atoms with van der Waals surface area (Å²) in [4.78, 5) is 10.0. The lowest BCUT2D eigenvalue weighted by Gasteiger charge is -2.13. The van der Waals surface area contributed by atoms with Gasteiger partial charge in [-0.2, -0.15) is 0 Å². The van der Waals surface area contributed by atoms with Crippen LogP contribution >= 0.6 is 0 Å². The van der Waals surface area contributed by atoms with Gasteiger partial charge in [0.15, 0.2) is 12.0 Å². The molecule has 0 saturated carbocycles. The van der Waals surface area contributed by atoms with E-state index < -0.39 is 22.7 Å². The predicted octanol–water partition coefficient (Wildman–Crippen LogP) is 1.35. The lowest BCUT2D eigenvalue weighted by Crippen LogP contribution is -2.03. The van der Waals surface area contributed by atoms with Crippen molar-refractivity contribution in [2.45, 2.75) is 6.29 Å². The molecule has 0 atom stereocenters. The first-order valence-electron chi connectivity index (χ1n) is 4.92. The number of hydrogen-bond acceptors (Lipinski definition) is 6. The lowest BCUT2D eigenvalue weighted by molar-refractivity contribution is -0.386. The van der Waals surface area contributed by atoms with Crippen molar-refractivity contribution >= 4 is 5.69 Å². The van der Waals surface area contributed by atoms with E-state index in [1.165, 1.54) is 19.2 Å². The molecule has 1 aliphatic rings. The van der Waals surface area contributed by atoms with Gasteiger partial charge in [0.25, 0.3) is 0 Å². The van der Waals surface area contributed by atoms with E-state index in [2.05, 4.69) is 0 Å². The van der Waals surface area contributed by atoms with E-state index >= 15 is 0 Å². The molecule has 1 N–H and O–H groups in total. The average molecular weight is 241 g/mol. The number of aromatic hydroxyl groups is 1. The maximum atomic E-state index is 10.7. The number of nitro groups is 1. The normalized spacial score (nSPS) is 16.1. The summed E-state index contributed by atoms with van der Waals surface area (Å²) < 4.78 is 15.5. The van der Waals surface area contributed by atoms with Crippen LogP contribution in [0.1, 0.15) is 11.9 Å². The summed E-state index contributed by atoms with van der Waals surface area (Å²) in [5.74, 6) is -0.159. The number of ether oxygens (including phenoxy) is 3. The number of phenols is 1. The van der Waals surface area contributed by atoms with Gasteiger partial charge in [-0.1, -0.05) is 0 Å². The second-order valence-corrected chi connectivity index (χ2v) is 3.41. The molecule has 0 amide bonds. The molecule has 0 bridgehead atoms. The average Bonchev–Trinajstić information content (AvgIpc) is 2.81. The molecule has 0 spiro atoms. The first kappa shape index (κ1) is 11.6. The van der Waals surface area contributed by atoms with E-state index in [1.54, 1.807) is 0 Å². The molecule has 0 aliphatic carbocycles. The Morgan fingerprint density at radius 2 is 2.12 bits per heavy atom. The van der Waals surface area contributed by atoms with Crippen molar-refractivity contribution in [3.05, 3.63) is 27.8 Å². The zero-order valence-electron chi connectivity index (χ0n) is 9.08. The van der Waals surface area contributed by atoms with Gasteiger partial charge in [-0.05, 0) is 0 Å². The summed E-state index contributed by atoms with van der Waals surface area (Å²) in [6.45, 7) is 0.838. The number of benzene rings is 1. The van der Waals surface area contributed by atoms with Crippen molar-refractivity contribution in [3.8, 4) is 11.5 Å². The Balaban J connectivity index is 2.47.